The van der Waals surface area contributed by atoms with Crippen LogP contribution in [0.1, 0.15) is 22.9 Å². The number of aryl methyl sites for hydroxylation is 1. The molecule has 2 aromatic heterocycles. The van der Waals surface area contributed by atoms with Gasteiger partial charge in [-0.15, -0.1) is 0 Å². The number of likely N-dealkylation sites (N-methyl/N-ethyl adjacent to an activating group) is 1. The molecule has 0 spiro atoms. The zero-order valence-corrected chi connectivity index (χ0v) is 12.3. The standard InChI is InChI=1S/C15H16ClN3O/c1-10-4-3-7-17-14(10)12-9-19(2)8-11-5-6-13(16)18-15(11)20-12/h3-7,12H,8-9H2,1-2H3. The summed E-state index contributed by atoms with van der Waals surface area (Å²) in [7, 11) is 2.07. The molecular weight excluding hydrogens is 274 g/mol. The summed E-state index contributed by atoms with van der Waals surface area (Å²) in [4.78, 5) is 11.0. The SMILES string of the molecule is Cc1cccnc1C1CN(C)Cc2ccc(Cl)nc2O1. The first-order valence-electron chi connectivity index (χ1n) is 6.55. The molecule has 0 saturated heterocycles. The third kappa shape index (κ3) is 2.62. The molecule has 104 valence electrons. The molecule has 0 amide bonds. The van der Waals surface area contributed by atoms with Crippen LogP contribution in [-0.2, 0) is 6.54 Å². The predicted octanol–water partition coefficient (Wildman–Crippen LogP) is 3.00. The van der Waals surface area contributed by atoms with Crippen LogP contribution in [0.25, 0.3) is 0 Å². The molecule has 3 rings (SSSR count). The minimum atomic E-state index is -0.131. The second kappa shape index (κ2) is 5.38. The summed E-state index contributed by atoms with van der Waals surface area (Å²) in [5.74, 6) is 0.608. The number of nitrogens with zero attached hydrogens (tertiary/aromatic N) is 3. The van der Waals surface area contributed by atoms with Crippen molar-refractivity contribution in [1.29, 1.82) is 0 Å². The van der Waals surface area contributed by atoms with E-state index in [4.69, 9.17) is 16.3 Å². The van der Waals surface area contributed by atoms with E-state index in [1.54, 1.807) is 12.3 Å². The summed E-state index contributed by atoms with van der Waals surface area (Å²) in [6, 6.07) is 7.74. The van der Waals surface area contributed by atoms with E-state index in [1.807, 2.05) is 25.1 Å². The summed E-state index contributed by atoms with van der Waals surface area (Å²) in [6.07, 6.45) is 1.66. The molecule has 1 aliphatic rings. The molecule has 4 nitrogen and oxygen atoms in total. The van der Waals surface area contributed by atoms with Crippen molar-refractivity contribution in [1.82, 2.24) is 14.9 Å². The number of pyridine rings is 2. The molecule has 0 fully saturated rings. The zero-order chi connectivity index (χ0) is 14.1. The van der Waals surface area contributed by atoms with Crippen LogP contribution in [0.15, 0.2) is 30.5 Å². The summed E-state index contributed by atoms with van der Waals surface area (Å²) < 4.78 is 6.08. The first kappa shape index (κ1) is 13.3. The Morgan fingerprint density at radius 2 is 2.20 bits per heavy atom. The van der Waals surface area contributed by atoms with Gasteiger partial charge in [-0.2, -0.15) is 0 Å². The van der Waals surface area contributed by atoms with Gasteiger partial charge in [0.2, 0.25) is 5.88 Å². The second-order valence-corrected chi connectivity index (χ2v) is 5.49. The van der Waals surface area contributed by atoms with Gasteiger partial charge >= 0.3 is 0 Å². The molecule has 1 aliphatic heterocycles. The molecule has 3 heterocycles. The Bertz CT molecular complexity index is 632. The maximum absolute atomic E-state index is 6.08. The van der Waals surface area contributed by atoms with Crippen LogP contribution in [0.5, 0.6) is 5.88 Å². The second-order valence-electron chi connectivity index (χ2n) is 5.11. The summed E-state index contributed by atoms with van der Waals surface area (Å²) in [5, 5.41) is 0.449. The molecule has 0 saturated carbocycles. The lowest BCUT2D eigenvalue weighted by Gasteiger charge is -2.20. The van der Waals surface area contributed by atoms with Gasteiger partial charge < -0.3 is 4.74 Å². The highest BCUT2D eigenvalue weighted by Crippen LogP contribution is 2.30. The number of hydrogen-bond acceptors (Lipinski definition) is 4. The van der Waals surface area contributed by atoms with Gasteiger partial charge in [0.05, 0.1) is 5.69 Å². The lowest BCUT2D eigenvalue weighted by Crippen LogP contribution is -2.25. The minimum Gasteiger partial charge on any atom is -0.466 e. The average molecular weight is 290 g/mol. The van der Waals surface area contributed by atoms with Crippen LogP contribution in [0.4, 0.5) is 0 Å². The van der Waals surface area contributed by atoms with Crippen LogP contribution in [-0.4, -0.2) is 28.5 Å². The molecule has 1 atom stereocenters. The van der Waals surface area contributed by atoms with Crippen LogP contribution in [0.2, 0.25) is 5.15 Å². The average Bonchev–Trinajstić information content (AvgIpc) is 2.57. The number of halogens is 1. The number of fused-ring (bicyclic) bond motifs is 1. The Morgan fingerprint density at radius 1 is 1.35 bits per heavy atom. The number of hydrogen-bond donors (Lipinski definition) is 0. The van der Waals surface area contributed by atoms with E-state index in [1.165, 1.54) is 0 Å². The molecular formula is C15H16ClN3O. The van der Waals surface area contributed by atoms with E-state index >= 15 is 0 Å². The van der Waals surface area contributed by atoms with Gasteiger partial charge in [0.15, 0.2) is 6.10 Å². The van der Waals surface area contributed by atoms with Crippen molar-refractivity contribution in [2.45, 2.75) is 19.6 Å². The van der Waals surface area contributed by atoms with Gasteiger partial charge in [-0.3, -0.25) is 9.88 Å². The van der Waals surface area contributed by atoms with Gasteiger partial charge in [0.25, 0.3) is 0 Å². The van der Waals surface area contributed by atoms with Gasteiger partial charge in [0.1, 0.15) is 5.15 Å². The number of rotatable bonds is 1. The highest BCUT2D eigenvalue weighted by molar-refractivity contribution is 6.29. The monoisotopic (exact) mass is 289 g/mol. The first-order chi connectivity index (χ1) is 9.63. The molecule has 0 aromatic carbocycles. The first-order valence-corrected chi connectivity index (χ1v) is 6.93. The van der Waals surface area contributed by atoms with Crippen molar-refractivity contribution in [3.8, 4) is 5.88 Å². The highest BCUT2D eigenvalue weighted by atomic mass is 35.5. The highest BCUT2D eigenvalue weighted by Gasteiger charge is 2.25. The largest absolute Gasteiger partial charge is 0.466 e. The van der Waals surface area contributed by atoms with Gasteiger partial charge in [0, 0.05) is 24.8 Å². The van der Waals surface area contributed by atoms with Crippen molar-refractivity contribution in [3.63, 3.8) is 0 Å². The van der Waals surface area contributed by atoms with Crippen LogP contribution >= 0.6 is 11.6 Å². The smallest absolute Gasteiger partial charge is 0.220 e. The van der Waals surface area contributed by atoms with Gasteiger partial charge in [-0.25, -0.2) is 4.98 Å². The molecule has 0 aliphatic carbocycles. The van der Waals surface area contributed by atoms with Crippen molar-refractivity contribution in [3.05, 3.63) is 52.4 Å². The van der Waals surface area contributed by atoms with Crippen molar-refractivity contribution >= 4 is 11.6 Å². The van der Waals surface area contributed by atoms with E-state index in [0.717, 1.165) is 29.9 Å². The summed E-state index contributed by atoms with van der Waals surface area (Å²) in [5.41, 5.74) is 3.12. The third-order valence-corrected chi connectivity index (χ3v) is 3.64. The van der Waals surface area contributed by atoms with Gasteiger partial charge in [-0.1, -0.05) is 17.7 Å². The number of aromatic nitrogens is 2. The Hall–Kier alpha value is -1.65. The van der Waals surface area contributed by atoms with Crippen LogP contribution in [0.3, 0.4) is 0 Å². The molecule has 5 heteroatoms. The maximum atomic E-state index is 6.08. The Morgan fingerprint density at radius 3 is 3.00 bits per heavy atom. The Kier molecular flexibility index (Phi) is 3.59. The maximum Gasteiger partial charge on any atom is 0.220 e. The van der Waals surface area contributed by atoms with Crippen molar-refractivity contribution in [2.75, 3.05) is 13.6 Å². The quantitative estimate of drug-likeness (QED) is 0.757. The summed E-state index contributed by atoms with van der Waals surface area (Å²) >= 11 is 5.97. The lowest BCUT2D eigenvalue weighted by atomic mass is 10.1. The van der Waals surface area contributed by atoms with E-state index in [9.17, 15) is 0 Å². The van der Waals surface area contributed by atoms with Crippen molar-refractivity contribution in [2.24, 2.45) is 0 Å². The molecule has 0 N–H and O–H groups in total. The van der Waals surface area contributed by atoms with Gasteiger partial charge in [-0.05, 0) is 37.7 Å². The van der Waals surface area contributed by atoms with E-state index < -0.39 is 0 Å². The molecule has 0 bridgehead atoms. The normalized spacial score (nSPS) is 19.1. The molecule has 1 unspecified atom stereocenters. The predicted molar refractivity (Wildman–Crippen MR) is 77.9 cm³/mol. The fraction of sp³-hybridized carbons (Fsp3) is 0.333. The Balaban J connectivity index is 2.00. The fourth-order valence-electron chi connectivity index (χ4n) is 2.46. The Labute approximate surface area is 123 Å². The van der Waals surface area contributed by atoms with Crippen molar-refractivity contribution < 1.29 is 4.74 Å². The molecule has 2 aromatic rings. The topological polar surface area (TPSA) is 38.2 Å². The molecule has 0 radical (unpaired) electrons. The molecule has 20 heavy (non-hydrogen) atoms. The van der Waals surface area contributed by atoms with Crippen LogP contribution in [0, 0.1) is 6.92 Å². The van der Waals surface area contributed by atoms with Crippen LogP contribution < -0.4 is 4.74 Å². The fourth-order valence-corrected chi connectivity index (χ4v) is 2.60. The zero-order valence-electron chi connectivity index (χ0n) is 11.5. The minimum absolute atomic E-state index is 0.131. The van der Waals surface area contributed by atoms with E-state index in [0.29, 0.717) is 11.0 Å². The van der Waals surface area contributed by atoms with E-state index in [-0.39, 0.29) is 6.10 Å². The van der Waals surface area contributed by atoms with E-state index in [2.05, 4.69) is 21.9 Å². The number of ether oxygens (including phenoxy) is 1. The lowest BCUT2D eigenvalue weighted by molar-refractivity contribution is 0.155. The third-order valence-electron chi connectivity index (χ3n) is 3.43. The summed E-state index contributed by atoms with van der Waals surface area (Å²) in [6.45, 7) is 3.61.